The summed E-state index contributed by atoms with van der Waals surface area (Å²) in [6.45, 7) is 15.5. The highest BCUT2D eigenvalue weighted by Gasteiger charge is 2.34. The van der Waals surface area contributed by atoms with Crippen LogP contribution in [0.2, 0.25) is 0 Å². The van der Waals surface area contributed by atoms with Crippen molar-refractivity contribution in [3.8, 4) is 0 Å². The van der Waals surface area contributed by atoms with Crippen molar-refractivity contribution in [2.75, 3.05) is 14.2 Å². The number of hydrogen-bond donors (Lipinski definition) is 5. The van der Waals surface area contributed by atoms with Crippen LogP contribution in [0, 0.1) is 10.8 Å². The van der Waals surface area contributed by atoms with Crippen LogP contribution in [0.15, 0.2) is 18.2 Å². The molecule has 18 heteroatoms. The van der Waals surface area contributed by atoms with Gasteiger partial charge in [0, 0.05) is 51.6 Å². The first kappa shape index (κ1) is 43.7. The average Bonchev–Trinajstić information content (AvgIpc) is 3.91. The molecule has 3 aromatic heterocycles. The van der Waals surface area contributed by atoms with Crippen LogP contribution >= 0.6 is 46.4 Å². The number of hydroxylamine groups is 1. The summed E-state index contributed by atoms with van der Waals surface area (Å²) >= 11 is 4.26. The molecule has 0 aromatic carbocycles. The summed E-state index contributed by atoms with van der Waals surface area (Å²) in [7, 11) is 2.79. The number of esters is 2. The molecule has 0 atom stereocenters. The van der Waals surface area contributed by atoms with Crippen LogP contribution in [0.1, 0.15) is 102 Å². The SMILES string of the molecule is CC(C)(C)C(=O)N1Cc2cc(C(=O)NO)sc2C1.COC(=O)c1cc2c(s1)CN(C(=O)C(C)(C)C)C2.COC(=O)c1cc2c(s1)CNC2.Cl.NO. The minimum atomic E-state index is -0.497. The first-order valence-corrected chi connectivity index (χ1v) is 17.9. The molecule has 6 heterocycles. The van der Waals surface area contributed by atoms with Crippen LogP contribution in [0.3, 0.4) is 0 Å². The van der Waals surface area contributed by atoms with E-state index >= 15 is 0 Å². The lowest BCUT2D eigenvalue weighted by Gasteiger charge is -2.25. The maximum atomic E-state index is 12.1. The molecule has 282 valence electrons. The molecular formula is C33H46ClN5O9S3. The zero-order valence-corrected chi connectivity index (χ0v) is 33.1. The third-order valence-electron chi connectivity index (χ3n) is 7.64. The standard InChI is InChI=1S/C13H17NO3S.C12H16N2O3S.C8H9NO2S.ClH.H3NO/c1-13(2,3)12(16)14-6-8-5-9(11(15)17-4)18-10(8)7-14;1-12(2,3)11(16)14-5-7-4-8(10(15)13-17)18-9(7)6-14;1-11-8(10)6-2-5-3-9-4-7(5)12-6;;1-2/h5H,6-7H2,1-4H3;4,17H,5-6H2,1-3H3,(H,13,15);2,9H,3-4H2,1H3;1H;2H,1H2. The van der Waals surface area contributed by atoms with Crippen molar-refractivity contribution in [1.29, 1.82) is 0 Å². The molecule has 0 saturated carbocycles. The Morgan fingerprint density at radius 2 is 1.08 bits per heavy atom. The third-order valence-corrected chi connectivity index (χ3v) is 11.1. The quantitative estimate of drug-likeness (QED) is 0.135. The van der Waals surface area contributed by atoms with E-state index in [4.69, 9.17) is 15.2 Å². The first-order chi connectivity index (χ1) is 23.5. The van der Waals surface area contributed by atoms with E-state index in [1.165, 1.54) is 58.7 Å². The van der Waals surface area contributed by atoms with Crippen LogP contribution in [0.5, 0.6) is 0 Å². The molecule has 3 aliphatic rings. The summed E-state index contributed by atoms with van der Waals surface area (Å²) < 4.78 is 9.32. The van der Waals surface area contributed by atoms with Crippen LogP contribution in [-0.4, -0.2) is 64.1 Å². The highest BCUT2D eigenvalue weighted by Crippen LogP contribution is 2.35. The number of nitrogens with zero attached hydrogens (tertiary/aromatic N) is 2. The van der Waals surface area contributed by atoms with Crippen molar-refractivity contribution in [1.82, 2.24) is 20.6 Å². The van der Waals surface area contributed by atoms with Gasteiger partial charge in [0.15, 0.2) is 0 Å². The highest BCUT2D eigenvalue weighted by atomic mass is 35.5. The van der Waals surface area contributed by atoms with Crippen LogP contribution in [-0.2, 0) is 58.3 Å². The van der Waals surface area contributed by atoms with Crippen LogP contribution < -0.4 is 16.7 Å². The molecule has 3 amide bonds. The van der Waals surface area contributed by atoms with Crippen molar-refractivity contribution in [3.05, 3.63) is 64.2 Å². The molecule has 0 bridgehead atoms. The Labute approximate surface area is 315 Å². The number of halogens is 1. The summed E-state index contributed by atoms with van der Waals surface area (Å²) in [6, 6.07) is 5.48. The second kappa shape index (κ2) is 18.4. The fraction of sp³-hybridized carbons (Fsp3) is 0.485. The van der Waals surface area contributed by atoms with Gasteiger partial charge in [0.1, 0.15) is 9.75 Å². The van der Waals surface area contributed by atoms with Gasteiger partial charge in [-0.05, 0) is 34.9 Å². The second-order valence-electron chi connectivity index (χ2n) is 13.5. The number of thiophene rings is 3. The molecule has 0 fully saturated rings. The summed E-state index contributed by atoms with van der Waals surface area (Å²) in [5, 5.41) is 18.3. The second-order valence-corrected chi connectivity index (χ2v) is 16.9. The lowest BCUT2D eigenvalue weighted by atomic mass is 9.95. The molecule has 0 unspecified atom stereocenters. The number of nitrogens with one attached hydrogen (secondary N) is 2. The number of carbonyl (C=O) groups excluding carboxylic acids is 5. The van der Waals surface area contributed by atoms with E-state index in [0.29, 0.717) is 40.8 Å². The van der Waals surface area contributed by atoms with E-state index < -0.39 is 5.91 Å². The number of ether oxygens (including phenoxy) is 2. The van der Waals surface area contributed by atoms with Gasteiger partial charge in [-0.2, -0.15) is 0 Å². The highest BCUT2D eigenvalue weighted by molar-refractivity contribution is 7.14. The normalized spacial score (nSPS) is 13.8. The van der Waals surface area contributed by atoms with Crippen molar-refractivity contribution in [2.24, 2.45) is 16.7 Å². The number of fused-ring (bicyclic) bond motifs is 3. The van der Waals surface area contributed by atoms with E-state index in [9.17, 15) is 24.0 Å². The van der Waals surface area contributed by atoms with Crippen LogP contribution in [0.4, 0.5) is 0 Å². The van der Waals surface area contributed by atoms with E-state index in [-0.39, 0.29) is 47.0 Å². The van der Waals surface area contributed by atoms with Gasteiger partial charge >= 0.3 is 11.9 Å². The van der Waals surface area contributed by atoms with Crippen molar-refractivity contribution in [2.45, 2.75) is 80.8 Å². The molecule has 14 nitrogen and oxygen atoms in total. The molecule has 0 spiro atoms. The molecule has 6 N–H and O–H groups in total. The minimum absolute atomic E-state index is 0. The number of hydrogen-bond acceptors (Lipinski definition) is 14. The molecule has 51 heavy (non-hydrogen) atoms. The number of rotatable bonds is 3. The molecule has 0 aliphatic carbocycles. The Balaban J connectivity index is 0.000000261. The first-order valence-electron chi connectivity index (χ1n) is 15.5. The topological polar surface area (TPSA) is 201 Å². The lowest BCUT2D eigenvalue weighted by molar-refractivity contribution is -0.140. The average molecular weight is 788 g/mol. The van der Waals surface area contributed by atoms with E-state index in [1.807, 2.05) is 58.6 Å². The fourth-order valence-corrected chi connectivity index (χ4v) is 8.48. The van der Waals surface area contributed by atoms with Crippen molar-refractivity contribution >= 4 is 76.1 Å². The van der Waals surface area contributed by atoms with Crippen molar-refractivity contribution < 1.29 is 43.9 Å². The number of carbonyl (C=O) groups is 5. The largest absolute Gasteiger partial charge is 0.465 e. The predicted molar refractivity (Wildman–Crippen MR) is 196 cm³/mol. The lowest BCUT2D eigenvalue weighted by Crippen LogP contribution is -2.35. The predicted octanol–water partition coefficient (Wildman–Crippen LogP) is 5.07. The van der Waals surface area contributed by atoms with E-state index in [0.717, 1.165) is 34.0 Å². The Kier molecular flexibility index (Phi) is 15.8. The number of methoxy groups -OCH3 is 2. The maximum Gasteiger partial charge on any atom is 0.348 e. The van der Waals surface area contributed by atoms with Gasteiger partial charge < -0.3 is 29.8 Å². The number of amides is 3. The summed E-state index contributed by atoms with van der Waals surface area (Å²) in [6.07, 6.45) is 0. The Morgan fingerprint density at radius 3 is 1.45 bits per heavy atom. The Bertz CT molecular complexity index is 1560. The zero-order chi connectivity index (χ0) is 37.6. The number of nitrogens with two attached hydrogens (primary N) is 1. The van der Waals surface area contributed by atoms with Gasteiger partial charge in [-0.15, -0.1) is 46.4 Å². The fourth-order valence-electron chi connectivity index (χ4n) is 5.22. The van der Waals surface area contributed by atoms with E-state index in [2.05, 4.69) is 16.0 Å². The third kappa shape index (κ3) is 10.8. The van der Waals surface area contributed by atoms with Gasteiger partial charge in [-0.3, -0.25) is 19.6 Å². The molecule has 3 aromatic rings. The monoisotopic (exact) mass is 787 g/mol. The molecular weight excluding hydrogens is 742 g/mol. The van der Waals surface area contributed by atoms with Gasteiger partial charge in [0.2, 0.25) is 11.8 Å². The summed E-state index contributed by atoms with van der Waals surface area (Å²) in [5.74, 6) is 2.73. The Morgan fingerprint density at radius 1 is 0.686 bits per heavy atom. The maximum absolute atomic E-state index is 12.1. The van der Waals surface area contributed by atoms with Gasteiger partial charge in [0.25, 0.3) is 5.91 Å². The van der Waals surface area contributed by atoms with Crippen molar-refractivity contribution in [3.63, 3.8) is 0 Å². The smallest absolute Gasteiger partial charge is 0.348 e. The van der Waals surface area contributed by atoms with Gasteiger partial charge in [-0.25, -0.2) is 21.0 Å². The summed E-state index contributed by atoms with van der Waals surface area (Å²) in [4.78, 5) is 66.8. The van der Waals surface area contributed by atoms with E-state index in [1.54, 1.807) is 16.4 Å². The minimum Gasteiger partial charge on any atom is -0.465 e. The Hall–Kier alpha value is -3.42. The molecule has 6 rings (SSSR count). The van der Waals surface area contributed by atoms with Gasteiger partial charge in [-0.1, -0.05) is 41.5 Å². The molecule has 0 saturated heterocycles. The summed E-state index contributed by atoms with van der Waals surface area (Å²) in [5.41, 5.74) is 4.17. The zero-order valence-electron chi connectivity index (χ0n) is 29.8. The van der Waals surface area contributed by atoms with Crippen LogP contribution in [0.25, 0.3) is 0 Å². The molecule has 0 radical (unpaired) electrons. The molecule has 3 aliphatic heterocycles. The van der Waals surface area contributed by atoms with Gasteiger partial charge in [0.05, 0.1) is 32.2 Å².